The van der Waals surface area contributed by atoms with Crippen molar-refractivity contribution in [3.8, 4) is 0 Å². The largest absolute Gasteiger partial charge is 0.345 e. The maximum Gasteiger partial charge on any atom is 0.223 e. The van der Waals surface area contributed by atoms with E-state index < -0.39 is 0 Å². The van der Waals surface area contributed by atoms with E-state index in [1.165, 1.54) is 6.07 Å². The van der Waals surface area contributed by atoms with Crippen molar-refractivity contribution in [1.82, 2.24) is 9.47 Å². The molecule has 0 fully saturated rings. The van der Waals surface area contributed by atoms with E-state index in [-0.39, 0.29) is 11.7 Å². The quantitative estimate of drug-likeness (QED) is 0.638. The number of halogens is 1. The molecular formula is C21H29FN2O. The van der Waals surface area contributed by atoms with Crippen LogP contribution in [0.15, 0.2) is 42.6 Å². The first-order chi connectivity index (χ1) is 12.0. The van der Waals surface area contributed by atoms with E-state index in [1.54, 1.807) is 12.1 Å². The fourth-order valence-corrected chi connectivity index (χ4v) is 2.89. The molecule has 0 N–H and O–H groups in total. The maximum absolute atomic E-state index is 13.4. The van der Waals surface area contributed by atoms with Gasteiger partial charge in [-0.05, 0) is 42.2 Å². The zero-order valence-corrected chi connectivity index (χ0v) is 15.5. The summed E-state index contributed by atoms with van der Waals surface area (Å²) in [6.45, 7) is 8.28. The Morgan fingerprint density at radius 1 is 1.24 bits per heavy atom. The highest BCUT2D eigenvalue weighted by molar-refractivity contribution is 5.76. The van der Waals surface area contributed by atoms with E-state index in [4.69, 9.17) is 0 Å². The van der Waals surface area contributed by atoms with Gasteiger partial charge in [0.05, 0.1) is 6.54 Å². The molecule has 1 aromatic heterocycles. The lowest BCUT2D eigenvalue weighted by Gasteiger charge is -2.24. The summed E-state index contributed by atoms with van der Waals surface area (Å²) in [5.41, 5.74) is 2.00. The fourth-order valence-electron chi connectivity index (χ4n) is 2.89. The van der Waals surface area contributed by atoms with Crippen molar-refractivity contribution in [1.29, 1.82) is 0 Å². The van der Waals surface area contributed by atoms with Gasteiger partial charge in [-0.2, -0.15) is 0 Å². The summed E-state index contributed by atoms with van der Waals surface area (Å²) in [6, 6.07) is 10.7. The zero-order chi connectivity index (χ0) is 18.2. The highest BCUT2D eigenvalue weighted by Gasteiger charge is 2.16. The van der Waals surface area contributed by atoms with Gasteiger partial charge in [-0.1, -0.05) is 39.3 Å². The second-order valence-corrected chi connectivity index (χ2v) is 7.02. The normalized spacial score (nSPS) is 11.1. The Morgan fingerprint density at radius 2 is 2.04 bits per heavy atom. The summed E-state index contributed by atoms with van der Waals surface area (Å²) >= 11 is 0. The summed E-state index contributed by atoms with van der Waals surface area (Å²) in [6.07, 6.45) is 4.64. The molecule has 25 heavy (non-hydrogen) atoms. The number of benzene rings is 1. The van der Waals surface area contributed by atoms with Crippen LogP contribution in [-0.2, 0) is 17.9 Å². The summed E-state index contributed by atoms with van der Waals surface area (Å²) in [4.78, 5) is 14.5. The molecule has 2 rings (SSSR count). The monoisotopic (exact) mass is 344 g/mol. The molecule has 0 unspecified atom stereocenters. The van der Waals surface area contributed by atoms with Gasteiger partial charge in [-0.3, -0.25) is 4.79 Å². The Bertz CT molecular complexity index is 678. The van der Waals surface area contributed by atoms with Crippen molar-refractivity contribution >= 4 is 5.91 Å². The molecule has 3 nitrogen and oxygen atoms in total. The van der Waals surface area contributed by atoms with Crippen LogP contribution in [0, 0.1) is 11.7 Å². The van der Waals surface area contributed by atoms with E-state index in [2.05, 4.69) is 25.3 Å². The molecule has 0 atom stereocenters. The Hall–Kier alpha value is -2.10. The molecule has 1 heterocycles. The highest BCUT2D eigenvalue weighted by Crippen LogP contribution is 2.14. The number of carbonyl (C=O) groups excluding carboxylic acids is 1. The molecule has 0 bridgehead atoms. The number of amides is 1. The first kappa shape index (κ1) is 19.2. The van der Waals surface area contributed by atoms with E-state index in [1.807, 2.05) is 29.3 Å². The third-order valence-electron chi connectivity index (χ3n) is 4.24. The van der Waals surface area contributed by atoms with Crippen LogP contribution in [0.25, 0.3) is 0 Å². The molecule has 0 radical (unpaired) electrons. The molecule has 0 aliphatic carbocycles. The van der Waals surface area contributed by atoms with Gasteiger partial charge < -0.3 is 9.47 Å². The molecule has 0 aliphatic rings. The Kier molecular flexibility index (Phi) is 7.23. The third kappa shape index (κ3) is 6.04. The number of nitrogens with zero attached hydrogens (tertiary/aromatic N) is 2. The molecule has 0 saturated heterocycles. The van der Waals surface area contributed by atoms with Crippen LogP contribution in [0.4, 0.5) is 4.39 Å². The average Bonchev–Trinajstić information content (AvgIpc) is 2.97. The van der Waals surface area contributed by atoms with Gasteiger partial charge in [-0.15, -0.1) is 0 Å². The molecule has 136 valence electrons. The molecule has 1 amide bonds. The van der Waals surface area contributed by atoms with Crippen LogP contribution in [-0.4, -0.2) is 21.9 Å². The first-order valence-electron chi connectivity index (χ1n) is 9.15. The van der Waals surface area contributed by atoms with E-state index in [0.717, 1.165) is 30.6 Å². The second-order valence-electron chi connectivity index (χ2n) is 7.02. The molecule has 0 aliphatic heterocycles. The minimum absolute atomic E-state index is 0.210. The minimum Gasteiger partial charge on any atom is -0.345 e. The number of carbonyl (C=O) groups is 1. The molecule has 4 heteroatoms. The molecule has 0 spiro atoms. The fraction of sp³-hybridized carbons (Fsp3) is 0.476. The van der Waals surface area contributed by atoms with Gasteiger partial charge in [0.15, 0.2) is 0 Å². The van der Waals surface area contributed by atoms with Crippen LogP contribution in [0.1, 0.15) is 51.3 Å². The van der Waals surface area contributed by atoms with E-state index in [0.29, 0.717) is 25.4 Å². The van der Waals surface area contributed by atoms with Crippen LogP contribution in [0.2, 0.25) is 0 Å². The van der Waals surface area contributed by atoms with Gasteiger partial charge in [-0.25, -0.2) is 4.39 Å². The topological polar surface area (TPSA) is 25.2 Å². The van der Waals surface area contributed by atoms with Gasteiger partial charge in [0.1, 0.15) is 5.82 Å². The molecule has 2 aromatic rings. The van der Waals surface area contributed by atoms with Crippen molar-refractivity contribution in [3.05, 3.63) is 59.7 Å². The number of aromatic nitrogens is 1. The Morgan fingerprint density at radius 3 is 2.72 bits per heavy atom. The highest BCUT2D eigenvalue weighted by atomic mass is 19.1. The predicted octanol–water partition coefficient (Wildman–Crippen LogP) is 4.85. The summed E-state index contributed by atoms with van der Waals surface area (Å²) in [5, 5.41) is 0. The van der Waals surface area contributed by atoms with Crippen LogP contribution in [0.5, 0.6) is 0 Å². The summed E-state index contributed by atoms with van der Waals surface area (Å²) in [5.74, 6) is 0.348. The van der Waals surface area contributed by atoms with Crippen LogP contribution < -0.4 is 0 Å². The second kappa shape index (κ2) is 9.40. The van der Waals surface area contributed by atoms with Gasteiger partial charge in [0.2, 0.25) is 5.91 Å². The number of rotatable bonds is 9. The SMILES string of the molecule is CCCCN(Cc1cccn1Cc1cccc(F)c1)C(=O)CC(C)C. The lowest BCUT2D eigenvalue weighted by atomic mass is 10.1. The maximum atomic E-state index is 13.4. The zero-order valence-electron chi connectivity index (χ0n) is 15.5. The van der Waals surface area contributed by atoms with Crippen molar-refractivity contribution in [2.75, 3.05) is 6.54 Å². The predicted molar refractivity (Wildman–Crippen MR) is 99.7 cm³/mol. The van der Waals surface area contributed by atoms with Gasteiger partial charge in [0.25, 0.3) is 0 Å². The van der Waals surface area contributed by atoms with Crippen molar-refractivity contribution in [2.45, 2.75) is 53.1 Å². The van der Waals surface area contributed by atoms with Gasteiger partial charge >= 0.3 is 0 Å². The van der Waals surface area contributed by atoms with Gasteiger partial charge in [0, 0.05) is 31.4 Å². The number of hydrogen-bond acceptors (Lipinski definition) is 1. The number of hydrogen-bond donors (Lipinski definition) is 0. The summed E-state index contributed by atoms with van der Waals surface area (Å²) in [7, 11) is 0. The minimum atomic E-state index is -0.220. The lowest BCUT2D eigenvalue weighted by molar-refractivity contribution is -0.132. The third-order valence-corrected chi connectivity index (χ3v) is 4.24. The van der Waals surface area contributed by atoms with Crippen LogP contribution in [0.3, 0.4) is 0 Å². The van der Waals surface area contributed by atoms with E-state index >= 15 is 0 Å². The molecule has 0 saturated carbocycles. The van der Waals surface area contributed by atoms with Crippen LogP contribution >= 0.6 is 0 Å². The molecular weight excluding hydrogens is 315 g/mol. The number of unbranched alkanes of at least 4 members (excludes halogenated alkanes) is 1. The molecule has 1 aromatic carbocycles. The average molecular weight is 344 g/mol. The smallest absolute Gasteiger partial charge is 0.223 e. The first-order valence-corrected chi connectivity index (χ1v) is 9.15. The van der Waals surface area contributed by atoms with Crippen molar-refractivity contribution in [2.24, 2.45) is 5.92 Å². The van der Waals surface area contributed by atoms with E-state index in [9.17, 15) is 9.18 Å². The lowest BCUT2D eigenvalue weighted by Crippen LogP contribution is -2.33. The standard InChI is InChI=1S/C21H29FN2O/c1-4-5-11-24(21(25)13-17(2)3)16-20-10-7-12-23(20)15-18-8-6-9-19(22)14-18/h6-10,12,14,17H,4-5,11,13,15-16H2,1-3H3. The Balaban J connectivity index is 2.11. The van der Waals surface area contributed by atoms with Crippen molar-refractivity contribution in [3.63, 3.8) is 0 Å². The Labute approximate surface area is 150 Å². The summed E-state index contributed by atoms with van der Waals surface area (Å²) < 4.78 is 15.5. The van der Waals surface area contributed by atoms with Crippen molar-refractivity contribution < 1.29 is 9.18 Å².